The maximum atomic E-state index is 5.94. The molecule has 1 aliphatic carbocycles. The molecule has 0 saturated heterocycles. The van der Waals surface area contributed by atoms with E-state index in [1.54, 1.807) is 0 Å². The number of rotatable bonds is 6. The van der Waals surface area contributed by atoms with Crippen LogP contribution in [0.2, 0.25) is 0 Å². The van der Waals surface area contributed by atoms with E-state index in [0.29, 0.717) is 12.6 Å². The quantitative estimate of drug-likeness (QED) is 0.885. The van der Waals surface area contributed by atoms with Crippen molar-refractivity contribution < 1.29 is 9.37 Å². The number of nitrogens with one attached hydrogen (secondary N) is 1. The molecule has 1 N–H and O–H groups in total. The highest BCUT2D eigenvalue weighted by molar-refractivity contribution is 5.45. The Morgan fingerprint density at radius 3 is 3.05 bits per heavy atom. The zero-order chi connectivity index (χ0) is 14.7. The Kier molecular flexibility index (Phi) is 4.20. The lowest BCUT2D eigenvalue weighted by Gasteiger charge is -2.14. The van der Waals surface area contributed by atoms with E-state index in [-0.39, 0.29) is 0 Å². The van der Waals surface area contributed by atoms with Crippen LogP contribution in [0, 0.1) is 6.92 Å². The maximum absolute atomic E-state index is 5.94. The summed E-state index contributed by atoms with van der Waals surface area (Å²) in [5.74, 6) is 0.954. The second-order valence-electron chi connectivity index (χ2n) is 5.45. The van der Waals surface area contributed by atoms with Crippen molar-refractivity contribution in [2.45, 2.75) is 45.8 Å². The van der Waals surface area contributed by atoms with Crippen LogP contribution >= 0.6 is 0 Å². The smallest absolute Gasteiger partial charge is 0.145 e. The first-order chi connectivity index (χ1) is 10.3. The van der Waals surface area contributed by atoms with E-state index in [0.717, 1.165) is 42.9 Å². The van der Waals surface area contributed by atoms with Gasteiger partial charge in [-0.25, -0.2) is 4.63 Å². The fourth-order valence-electron chi connectivity index (χ4n) is 2.81. The molecule has 1 aromatic carbocycles. The lowest BCUT2D eigenvalue weighted by atomic mass is 10.1. The zero-order valence-electron chi connectivity index (χ0n) is 12.6. The summed E-state index contributed by atoms with van der Waals surface area (Å²) >= 11 is 0. The topological polar surface area (TPSA) is 60.2 Å². The maximum Gasteiger partial charge on any atom is 0.145 e. The monoisotopic (exact) mass is 287 g/mol. The molecule has 1 aromatic heterocycles. The highest BCUT2D eigenvalue weighted by atomic mass is 16.6. The normalized spacial score (nSPS) is 17.0. The standard InChI is InChI=1S/C16H21N3O2/c1-3-9-17-14-8-7-13-12(14)5-4-6-16(13)20-10-15-11(2)18-21-19-15/h4-6,14,17H,3,7-10H2,1-2H3. The Morgan fingerprint density at radius 1 is 1.38 bits per heavy atom. The van der Waals surface area contributed by atoms with Crippen molar-refractivity contribution in [3.63, 3.8) is 0 Å². The number of hydrogen-bond donors (Lipinski definition) is 1. The predicted octanol–water partition coefficient (Wildman–Crippen LogP) is 2.94. The zero-order valence-corrected chi connectivity index (χ0v) is 12.6. The van der Waals surface area contributed by atoms with Gasteiger partial charge in [-0.2, -0.15) is 0 Å². The third-order valence-corrected chi connectivity index (χ3v) is 3.98. The van der Waals surface area contributed by atoms with Crippen LogP contribution in [-0.2, 0) is 13.0 Å². The van der Waals surface area contributed by atoms with Crippen LogP contribution in [-0.4, -0.2) is 16.9 Å². The van der Waals surface area contributed by atoms with E-state index in [2.05, 4.69) is 34.7 Å². The minimum absolute atomic E-state index is 0.402. The summed E-state index contributed by atoms with van der Waals surface area (Å²) in [5, 5.41) is 11.2. The Balaban J connectivity index is 1.73. The van der Waals surface area contributed by atoms with Gasteiger partial charge in [0, 0.05) is 6.04 Å². The molecule has 1 heterocycles. The van der Waals surface area contributed by atoms with Crippen molar-refractivity contribution in [3.8, 4) is 5.75 Å². The van der Waals surface area contributed by atoms with Crippen molar-refractivity contribution in [2.24, 2.45) is 0 Å². The lowest BCUT2D eigenvalue weighted by molar-refractivity contribution is 0.268. The molecule has 5 heteroatoms. The summed E-state index contributed by atoms with van der Waals surface area (Å²) in [4.78, 5) is 0. The molecule has 0 fully saturated rings. The first-order valence-corrected chi connectivity index (χ1v) is 7.55. The van der Waals surface area contributed by atoms with Gasteiger partial charge in [-0.05, 0) is 49.9 Å². The molecular weight excluding hydrogens is 266 g/mol. The van der Waals surface area contributed by atoms with E-state index < -0.39 is 0 Å². The lowest BCUT2D eigenvalue weighted by Crippen LogP contribution is -2.19. The number of hydrogen-bond acceptors (Lipinski definition) is 5. The van der Waals surface area contributed by atoms with Crippen LogP contribution in [0.4, 0.5) is 0 Å². The number of ether oxygens (including phenoxy) is 1. The van der Waals surface area contributed by atoms with E-state index >= 15 is 0 Å². The van der Waals surface area contributed by atoms with Crippen molar-refractivity contribution in [1.29, 1.82) is 0 Å². The molecule has 0 amide bonds. The first-order valence-electron chi connectivity index (χ1n) is 7.55. The minimum atomic E-state index is 0.402. The molecule has 0 aliphatic heterocycles. The van der Waals surface area contributed by atoms with Gasteiger partial charge in [0.15, 0.2) is 0 Å². The summed E-state index contributed by atoms with van der Waals surface area (Å²) < 4.78 is 10.6. The van der Waals surface area contributed by atoms with E-state index in [9.17, 15) is 0 Å². The number of nitrogens with zero attached hydrogens (tertiary/aromatic N) is 2. The average Bonchev–Trinajstić information content (AvgIpc) is 3.09. The van der Waals surface area contributed by atoms with Crippen molar-refractivity contribution >= 4 is 0 Å². The van der Waals surface area contributed by atoms with Crippen LogP contribution in [0.15, 0.2) is 22.8 Å². The Bertz CT molecular complexity index is 609. The molecule has 0 spiro atoms. The molecule has 1 unspecified atom stereocenters. The predicted molar refractivity (Wildman–Crippen MR) is 79.2 cm³/mol. The van der Waals surface area contributed by atoms with Gasteiger partial charge in [0.05, 0.1) is 0 Å². The van der Waals surface area contributed by atoms with Gasteiger partial charge < -0.3 is 10.1 Å². The molecule has 1 aliphatic rings. The van der Waals surface area contributed by atoms with E-state index in [1.807, 2.05) is 13.0 Å². The van der Waals surface area contributed by atoms with Crippen molar-refractivity contribution in [2.75, 3.05) is 6.54 Å². The molecule has 0 radical (unpaired) electrons. The average molecular weight is 287 g/mol. The van der Waals surface area contributed by atoms with Gasteiger partial charge >= 0.3 is 0 Å². The molecule has 0 bridgehead atoms. The fourth-order valence-corrected chi connectivity index (χ4v) is 2.81. The van der Waals surface area contributed by atoms with Crippen molar-refractivity contribution in [3.05, 3.63) is 40.7 Å². The molecular formula is C16H21N3O2. The number of aryl methyl sites for hydroxylation is 1. The summed E-state index contributed by atoms with van der Waals surface area (Å²) in [6.45, 7) is 5.52. The molecule has 21 heavy (non-hydrogen) atoms. The molecule has 3 rings (SSSR count). The first kappa shape index (κ1) is 14.1. The second kappa shape index (κ2) is 6.26. The summed E-state index contributed by atoms with van der Waals surface area (Å²) in [5.41, 5.74) is 4.23. The Labute approximate surface area is 124 Å². The van der Waals surface area contributed by atoms with Crippen LogP contribution in [0.1, 0.15) is 48.3 Å². The SMILES string of the molecule is CCCNC1CCc2c(OCc3nonc3C)cccc21. The summed E-state index contributed by atoms with van der Waals surface area (Å²) in [6.07, 6.45) is 3.35. The fraction of sp³-hybridized carbons (Fsp3) is 0.500. The van der Waals surface area contributed by atoms with Crippen LogP contribution in [0.25, 0.3) is 0 Å². The highest BCUT2D eigenvalue weighted by Crippen LogP contribution is 2.37. The van der Waals surface area contributed by atoms with Gasteiger partial charge in [-0.3, -0.25) is 0 Å². The van der Waals surface area contributed by atoms with Gasteiger partial charge in [-0.1, -0.05) is 29.4 Å². The summed E-state index contributed by atoms with van der Waals surface area (Å²) in [7, 11) is 0. The largest absolute Gasteiger partial charge is 0.487 e. The van der Waals surface area contributed by atoms with Crippen LogP contribution in [0.5, 0.6) is 5.75 Å². The van der Waals surface area contributed by atoms with Gasteiger partial charge in [-0.15, -0.1) is 0 Å². The molecule has 0 saturated carbocycles. The van der Waals surface area contributed by atoms with Gasteiger partial charge in [0.1, 0.15) is 23.7 Å². The molecule has 2 aromatic rings. The number of benzene rings is 1. The van der Waals surface area contributed by atoms with Crippen LogP contribution in [0.3, 0.4) is 0 Å². The second-order valence-corrected chi connectivity index (χ2v) is 5.45. The summed E-state index contributed by atoms with van der Waals surface area (Å²) in [6, 6.07) is 6.75. The molecule has 1 atom stereocenters. The van der Waals surface area contributed by atoms with E-state index in [4.69, 9.17) is 9.37 Å². The molecule has 5 nitrogen and oxygen atoms in total. The Morgan fingerprint density at radius 2 is 2.29 bits per heavy atom. The number of fused-ring (bicyclic) bond motifs is 1. The third-order valence-electron chi connectivity index (χ3n) is 3.98. The third kappa shape index (κ3) is 2.93. The molecule has 112 valence electrons. The number of aromatic nitrogens is 2. The van der Waals surface area contributed by atoms with E-state index in [1.165, 1.54) is 11.1 Å². The van der Waals surface area contributed by atoms with Gasteiger partial charge in [0.2, 0.25) is 0 Å². The minimum Gasteiger partial charge on any atom is -0.487 e. The van der Waals surface area contributed by atoms with Crippen LogP contribution < -0.4 is 10.1 Å². The van der Waals surface area contributed by atoms with Crippen molar-refractivity contribution in [1.82, 2.24) is 15.6 Å². The highest BCUT2D eigenvalue weighted by Gasteiger charge is 2.24. The van der Waals surface area contributed by atoms with Gasteiger partial charge in [0.25, 0.3) is 0 Å². The Hall–Kier alpha value is -1.88.